The summed E-state index contributed by atoms with van der Waals surface area (Å²) in [6, 6.07) is 1.97. The number of aliphatic hydroxyl groups is 1. The summed E-state index contributed by atoms with van der Waals surface area (Å²) in [5.41, 5.74) is 2.90. The number of nitrogens with two attached hydrogens (primary N) is 1. The number of amides is 2. The van der Waals surface area contributed by atoms with Crippen LogP contribution in [0.1, 0.15) is 42.1 Å². The van der Waals surface area contributed by atoms with Gasteiger partial charge in [0.15, 0.2) is 34.7 Å². The Kier molecular flexibility index (Phi) is 7.37. The number of ketones is 4. The number of rotatable bonds is 6. The van der Waals surface area contributed by atoms with Crippen LogP contribution in [-0.2, 0) is 30.4 Å². The van der Waals surface area contributed by atoms with Crippen LogP contribution in [0.15, 0.2) is 12.1 Å². The van der Waals surface area contributed by atoms with Crippen LogP contribution in [0.3, 0.4) is 0 Å². The second kappa shape index (κ2) is 10.4. The molecule has 12 nitrogen and oxygen atoms in total. The van der Waals surface area contributed by atoms with Gasteiger partial charge in [0.25, 0.3) is 0 Å². The summed E-state index contributed by atoms with van der Waals surface area (Å²) in [6.07, 6.45) is 2.19. The van der Waals surface area contributed by atoms with Crippen molar-refractivity contribution in [2.75, 3.05) is 39.0 Å². The van der Waals surface area contributed by atoms with Crippen LogP contribution in [0.25, 0.3) is 0 Å². The van der Waals surface area contributed by atoms with Crippen molar-refractivity contribution in [2.45, 2.75) is 44.2 Å². The van der Waals surface area contributed by atoms with Gasteiger partial charge in [-0.15, -0.1) is 0 Å². The van der Waals surface area contributed by atoms with Gasteiger partial charge in [0, 0.05) is 12.5 Å². The number of phenols is 1. The number of likely N-dealkylation sites (tertiary alicyclic amines) is 1. The number of likely N-dealkylation sites (N-methyl/N-ethyl adjacent to an activating group) is 1. The fourth-order valence-corrected chi connectivity index (χ4v) is 7.46. The zero-order chi connectivity index (χ0) is 30.0. The van der Waals surface area contributed by atoms with Crippen LogP contribution in [0.5, 0.6) is 5.75 Å². The monoisotopic (exact) mass is 568 g/mol. The number of primary amides is 1. The van der Waals surface area contributed by atoms with Crippen molar-refractivity contribution in [2.24, 2.45) is 35.3 Å². The number of benzene rings is 1. The predicted octanol–water partition coefficient (Wildman–Crippen LogP) is -0.463. The summed E-state index contributed by atoms with van der Waals surface area (Å²) < 4.78 is 0. The minimum atomic E-state index is -2.77. The number of nitrogens with one attached hydrogen (secondary N) is 1. The molecule has 3 aliphatic carbocycles. The van der Waals surface area contributed by atoms with Crippen LogP contribution < -0.4 is 11.1 Å². The molecule has 2 saturated carbocycles. The molecule has 5 N–H and O–H groups in total. The first kappa shape index (κ1) is 29.0. The van der Waals surface area contributed by atoms with Gasteiger partial charge in [0.1, 0.15) is 5.75 Å². The molecule has 0 aromatic heterocycles. The van der Waals surface area contributed by atoms with Crippen molar-refractivity contribution < 1.29 is 39.0 Å². The van der Waals surface area contributed by atoms with Gasteiger partial charge in [-0.3, -0.25) is 38.6 Å². The highest BCUT2D eigenvalue weighted by molar-refractivity contribution is 6.32. The third-order valence-electron chi connectivity index (χ3n) is 9.52. The van der Waals surface area contributed by atoms with E-state index in [1.807, 2.05) is 4.90 Å². The molecule has 220 valence electrons. The Bertz CT molecular complexity index is 1360. The van der Waals surface area contributed by atoms with E-state index in [2.05, 4.69) is 12.2 Å². The largest absolute Gasteiger partial charge is 0.505 e. The summed E-state index contributed by atoms with van der Waals surface area (Å²) >= 11 is 0. The summed E-state index contributed by atoms with van der Waals surface area (Å²) in [7, 11) is 3.07. The molecule has 4 aliphatic rings. The van der Waals surface area contributed by atoms with Gasteiger partial charge >= 0.3 is 0 Å². The summed E-state index contributed by atoms with van der Waals surface area (Å²) in [5.74, 6) is -10.9. The maximum Gasteiger partial charge on any atom is 0.238 e. The van der Waals surface area contributed by atoms with E-state index in [0.717, 1.165) is 25.9 Å². The lowest BCUT2D eigenvalue weighted by molar-refractivity contribution is -0.181. The average molecular weight is 569 g/mol. The highest BCUT2D eigenvalue weighted by Gasteiger charge is 2.69. The quantitative estimate of drug-likeness (QED) is 0.258. The van der Waals surface area contributed by atoms with E-state index < -0.39 is 70.1 Å². The van der Waals surface area contributed by atoms with Gasteiger partial charge < -0.3 is 21.3 Å². The average Bonchev–Trinajstić information content (AvgIpc) is 3.34. The molecule has 3 fully saturated rings. The van der Waals surface area contributed by atoms with E-state index in [1.54, 1.807) is 6.07 Å². The minimum absolute atomic E-state index is 0.0161. The Labute approximate surface area is 237 Å². The van der Waals surface area contributed by atoms with Crippen molar-refractivity contribution in [1.29, 1.82) is 0 Å². The lowest BCUT2D eigenvalue weighted by Crippen LogP contribution is -2.74. The molecule has 41 heavy (non-hydrogen) atoms. The molecule has 2 amide bonds. The smallest absolute Gasteiger partial charge is 0.238 e. The Balaban J connectivity index is 1.45. The van der Waals surface area contributed by atoms with Crippen LogP contribution in [0, 0.1) is 29.6 Å². The molecule has 0 spiro atoms. The van der Waals surface area contributed by atoms with E-state index in [-0.39, 0.29) is 36.5 Å². The van der Waals surface area contributed by atoms with Gasteiger partial charge in [-0.25, -0.2) is 0 Å². The normalized spacial score (nSPS) is 33.4. The van der Waals surface area contributed by atoms with E-state index >= 15 is 0 Å². The molecule has 5 unspecified atom stereocenters. The van der Waals surface area contributed by atoms with Gasteiger partial charge in [-0.1, -0.05) is 19.4 Å². The first-order valence-electron chi connectivity index (χ1n) is 14.0. The van der Waals surface area contributed by atoms with Gasteiger partial charge in [0.05, 0.1) is 29.8 Å². The van der Waals surface area contributed by atoms with Crippen molar-refractivity contribution in [3.63, 3.8) is 0 Å². The number of phenolic OH excluding ortho intramolecular Hbond substituents is 1. The molecule has 5 rings (SSSR count). The van der Waals surface area contributed by atoms with Crippen LogP contribution in [0.4, 0.5) is 5.69 Å². The van der Waals surface area contributed by atoms with E-state index in [0.29, 0.717) is 11.5 Å². The zero-order valence-corrected chi connectivity index (χ0v) is 23.4. The highest BCUT2D eigenvalue weighted by atomic mass is 16.3. The number of carbonyl (C=O) groups excluding carboxylic acids is 6. The Morgan fingerprint density at radius 3 is 2.49 bits per heavy atom. The third kappa shape index (κ3) is 4.48. The fraction of sp³-hybridized carbons (Fsp3) is 0.586. The summed E-state index contributed by atoms with van der Waals surface area (Å²) in [4.78, 5) is 82.4. The third-order valence-corrected chi connectivity index (χ3v) is 9.52. The summed E-state index contributed by atoms with van der Waals surface area (Å²) in [5, 5.41) is 25.4. The Morgan fingerprint density at radius 2 is 1.88 bits per heavy atom. The second-order valence-corrected chi connectivity index (χ2v) is 12.1. The van der Waals surface area contributed by atoms with E-state index in [1.165, 1.54) is 25.1 Å². The van der Waals surface area contributed by atoms with E-state index in [4.69, 9.17) is 5.73 Å². The predicted molar refractivity (Wildman–Crippen MR) is 145 cm³/mol. The van der Waals surface area contributed by atoms with Crippen molar-refractivity contribution in [3.8, 4) is 5.75 Å². The minimum Gasteiger partial charge on any atom is -0.505 e. The molecule has 7 atom stereocenters. The molecule has 0 bridgehead atoms. The Hall–Kier alpha value is -3.48. The second-order valence-electron chi connectivity index (χ2n) is 12.1. The lowest BCUT2D eigenvalue weighted by atomic mass is 9.52. The molecule has 1 saturated heterocycles. The van der Waals surface area contributed by atoms with Gasteiger partial charge in [0.2, 0.25) is 11.8 Å². The standard InChI is InChI=1S/C29H36N4O8/c1-4-13-7-8-33(11-13)12-18(34)31-17-6-5-14-9-15-10-16-22(32(2)3)25(37)21(28(30)40)27(39)29(16,41)26(38)20(15)24(36)19(14)23(17)35/h5-6,13,15-16,20-22,35,41H,4,7-12H2,1-3H3,(H2,30,40)(H,31,34)/t13?,15?,16?,20?,21?,22-,29-/m0/s1. The fourth-order valence-electron chi connectivity index (χ4n) is 7.46. The SMILES string of the molecule is CCC1CCN(CC(=O)Nc2ccc3c(c2O)C(=O)C2C(=O)[C@]4(O)C(=O)C(C(N)=O)C(=O)[C@@H](N(C)C)C4CC2C3)C1. The highest BCUT2D eigenvalue weighted by Crippen LogP contribution is 2.51. The van der Waals surface area contributed by atoms with Gasteiger partial charge in [-0.2, -0.15) is 0 Å². The zero-order valence-electron chi connectivity index (χ0n) is 23.4. The molecule has 0 radical (unpaired) electrons. The van der Waals surface area contributed by atoms with E-state index in [9.17, 15) is 39.0 Å². The maximum absolute atomic E-state index is 13.9. The molecule has 1 aromatic carbocycles. The first-order valence-corrected chi connectivity index (χ1v) is 14.0. The van der Waals surface area contributed by atoms with Crippen LogP contribution >= 0.6 is 0 Å². The first-order chi connectivity index (χ1) is 19.3. The number of Topliss-reactive ketones (excluding diaryl/α,β-unsaturated/α-hetero) is 4. The topological polar surface area (TPSA) is 187 Å². The van der Waals surface area contributed by atoms with Gasteiger partial charge in [-0.05, 0) is 63.4 Å². The molecule has 1 heterocycles. The van der Waals surface area contributed by atoms with Crippen LogP contribution in [0.2, 0.25) is 0 Å². The molecular weight excluding hydrogens is 532 g/mol. The van der Waals surface area contributed by atoms with Crippen molar-refractivity contribution in [1.82, 2.24) is 9.80 Å². The lowest BCUT2D eigenvalue weighted by Gasteiger charge is -2.52. The number of fused-ring (bicyclic) bond motifs is 3. The number of carbonyl (C=O) groups is 6. The molecule has 1 aromatic rings. The molecule has 12 heteroatoms. The molecular formula is C29H36N4O8. The Morgan fingerprint density at radius 1 is 1.17 bits per heavy atom. The van der Waals surface area contributed by atoms with Crippen molar-refractivity contribution >= 4 is 40.6 Å². The van der Waals surface area contributed by atoms with Crippen molar-refractivity contribution in [3.05, 3.63) is 23.3 Å². The van der Waals surface area contributed by atoms with Crippen LogP contribution in [-0.4, -0.2) is 100 Å². The summed E-state index contributed by atoms with van der Waals surface area (Å²) in [6.45, 7) is 3.85. The maximum atomic E-state index is 13.9. The molecule has 1 aliphatic heterocycles. The number of hydrogen-bond acceptors (Lipinski definition) is 10. The number of nitrogens with zero attached hydrogens (tertiary/aromatic N) is 2. The number of hydrogen-bond donors (Lipinski definition) is 4. The number of aromatic hydroxyl groups is 1. The number of anilines is 1.